The summed E-state index contributed by atoms with van der Waals surface area (Å²) in [5.74, 6) is 1.60. The molecule has 4 nitrogen and oxygen atoms in total. The van der Waals surface area contributed by atoms with Crippen LogP contribution in [0.5, 0.6) is 5.75 Å². The van der Waals surface area contributed by atoms with Gasteiger partial charge in [-0.2, -0.15) is 0 Å². The molecule has 23 heavy (non-hydrogen) atoms. The first-order valence-electron chi connectivity index (χ1n) is 8.41. The zero-order valence-corrected chi connectivity index (χ0v) is 15.2. The van der Waals surface area contributed by atoms with Gasteiger partial charge >= 0.3 is 0 Å². The minimum atomic E-state index is -2.88. The molecule has 1 saturated heterocycles. The van der Waals surface area contributed by atoms with Crippen molar-refractivity contribution >= 4 is 9.84 Å². The minimum Gasteiger partial charge on any atom is -0.487 e. The number of benzene rings is 1. The van der Waals surface area contributed by atoms with Gasteiger partial charge in [-0.25, -0.2) is 8.42 Å². The Balaban J connectivity index is 1.64. The summed E-state index contributed by atoms with van der Waals surface area (Å²) in [7, 11) is -2.88. The largest absolute Gasteiger partial charge is 0.487 e. The van der Waals surface area contributed by atoms with Crippen LogP contribution in [0.4, 0.5) is 0 Å². The first-order chi connectivity index (χ1) is 10.7. The Labute approximate surface area is 139 Å². The number of ether oxygens (including phenoxy) is 1. The van der Waals surface area contributed by atoms with Gasteiger partial charge in [0.15, 0.2) is 0 Å². The van der Waals surface area contributed by atoms with Crippen LogP contribution in [0.2, 0.25) is 0 Å². The van der Waals surface area contributed by atoms with E-state index in [0.29, 0.717) is 5.75 Å². The van der Waals surface area contributed by atoms with Gasteiger partial charge in [-0.3, -0.25) is 4.90 Å². The monoisotopic (exact) mass is 337 g/mol. The van der Waals surface area contributed by atoms with Crippen molar-refractivity contribution in [3.63, 3.8) is 0 Å². The molecule has 0 unspecified atom stereocenters. The highest BCUT2D eigenvalue weighted by Crippen LogP contribution is 2.35. The van der Waals surface area contributed by atoms with Crippen LogP contribution in [0, 0.1) is 5.92 Å². The molecule has 128 valence electrons. The van der Waals surface area contributed by atoms with Crippen molar-refractivity contribution in [2.75, 3.05) is 25.1 Å². The van der Waals surface area contributed by atoms with E-state index >= 15 is 0 Å². The van der Waals surface area contributed by atoms with Crippen molar-refractivity contribution in [1.29, 1.82) is 0 Å². The molecule has 0 N–H and O–H groups in total. The van der Waals surface area contributed by atoms with Crippen molar-refractivity contribution < 1.29 is 13.2 Å². The molecule has 1 aromatic carbocycles. The highest BCUT2D eigenvalue weighted by Gasteiger charge is 2.30. The van der Waals surface area contributed by atoms with Crippen molar-refractivity contribution in [3.05, 3.63) is 29.3 Å². The molecular formula is C18H27NO3S. The molecule has 2 aliphatic rings. The summed E-state index contributed by atoms with van der Waals surface area (Å²) in [6.45, 7) is 7.07. The lowest BCUT2D eigenvalue weighted by molar-refractivity contribution is 0.138. The van der Waals surface area contributed by atoms with Crippen LogP contribution in [0.25, 0.3) is 0 Å². The van der Waals surface area contributed by atoms with Crippen molar-refractivity contribution in [2.24, 2.45) is 5.92 Å². The quantitative estimate of drug-likeness (QED) is 0.847. The third-order valence-electron chi connectivity index (χ3n) is 4.68. The minimum absolute atomic E-state index is 0.105. The zero-order chi connectivity index (χ0) is 16.7. The van der Waals surface area contributed by atoms with Crippen LogP contribution in [0.15, 0.2) is 18.2 Å². The zero-order valence-electron chi connectivity index (χ0n) is 14.3. The lowest BCUT2D eigenvalue weighted by Crippen LogP contribution is -2.37. The summed E-state index contributed by atoms with van der Waals surface area (Å²) in [4.78, 5) is 2.39. The molecule has 3 rings (SSSR count). The molecule has 0 spiro atoms. The summed E-state index contributed by atoms with van der Waals surface area (Å²) in [6.07, 6.45) is 4.40. The maximum absolute atomic E-state index is 11.5. The number of piperidine rings is 1. The summed E-state index contributed by atoms with van der Waals surface area (Å²) < 4.78 is 29.0. The van der Waals surface area contributed by atoms with Crippen LogP contribution >= 0.6 is 0 Å². The normalized spacial score (nSPS) is 24.2. The molecule has 1 fully saturated rings. The molecular weight excluding hydrogens is 310 g/mol. The Hall–Kier alpha value is -1.07. The third-order valence-corrected chi connectivity index (χ3v) is 5.75. The van der Waals surface area contributed by atoms with Gasteiger partial charge in [0.05, 0.1) is 5.75 Å². The van der Waals surface area contributed by atoms with Crippen molar-refractivity contribution in [1.82, 2.24) is 4.90 Å². The number of hydrogen-bond donors (Lipinski definition) is 0. The smallest absolute Gasteiger partial charge is 0.147 e. The number of nitrogens with zero attached hydrogens (tertiary/aromatic N) is 1. The standard InChI is InChI=1S/C18H27NO3S/c1-18(2)10-16-9-14(6-7-17(16)22-18)11-19-8-4-5-15(12-19)13-23(3,20)21/h6-7,9,15H,4-5,8,10-13H2,1-3H3/t15-/m0/s1. The first-order valence-corrected chi connectivity index (χ1v) is 10.5. The van der Waals surface area contributed by atoms with E-state index in [1.807, 2.05) is 0 Å². The van der Waals surface area contributed by atoms with E-state index < -0.39 is 9.84 Å². The van der Waals surface area contributed by atoms with Gasteiger partial charge in [0.1, 0.15) is 21.2 Å². The van der Waals surface area contributed by atoms with E-state index in [4.69, 9.17) is 4.74 Å². The van der Waals surface area contributed by atoms with E-state index in [1.165, 1.54) is 17.4 Å². The van der Waals surface area contributed by atoms with E-state index in [9.17, 15) is 8.42 Å². The average Bonchev–Trinajstić information content (AvgIpc) is 2.70. The third kappa shape index (κ3) is 4.48. The Morgan fingerprint density at radius 1 is 1.35 bits per heavy atom. The fourth-order valence-corrected chi connectivity index (χ4v) is 5.01. The van der Waals surface area contributed by atoms with Crippen LogP contribution < -0.4 is 4.74 Å². The van der Waals surface area contributed by atoms with Gasteiger partial charge in [-0.15, -0.1) is 0 Å². The van der Waals surface area contributed by atoms with Crippen molar-refractivity contribution in [2.45, 2.75) is 45.3 Å². The molecule has 0 aliphatic carbocycles. The van der Waals surface area contributed by atoms with Crippen LogP contribution in [-0.4, -0.2) is 44.0 Å². The van der Waals surface area contributed by atoms with E-state index in [2.05, 4.69) is 36.9 Å². The second kappa shape index (κ2) is 6.10. The molecule has 2 aliphatic heterocycles. The molecule has 0 saturated carbocycles. The van der Waals surface area contributed by atoms with Gasteiger partial charge in [-0.05, 0) is 56.3 Å². The second-order valence-corrected chi connectivity index (χ2v) is 10.0. The number of fused-ring (bicyclic) bond motifs is 1. The van der Waals surface area contributed by atoms with E-state index in [1.54, 1.807) is 0 Å². The maximum Gasteiger partial charge on any atom is 0.147 e. The van der Waals surface area contributed by atoms with Crippen molar-refractivity contribution in [3.8, 4) is 5.75 Å². The number of rotatable bonds is 4. The highest BCUT2D eigenvalue weighted by molar-refractivity contribution is 7.90. The van der Waals surface area contributed by atoms with E-state index in [0.717, 1.165) is 44.6 Å². The van der Waals surface area contributed by atoms with Gasteiger partial charge in [0.2, 0.25) is 0 Å². The van der Waals surface area contributed by atoms with Gasteiger partial charge in [0.25, 0.3) is 0 Å². The Morgan fingerprint density at radius 2 is 2.13 bits per heavy atom. The predicted molar refractivity (Wildman–Crippen MR) is 92.6 cm³/mol. The number of likely N-dealkylation sites (tertiary alicyclic amines) is 1. The van der Waals surface area contributed by atoms with Gasteiger partial charge < -0.3 is 4.74 Å². The highest BCUT2D eigenvalue weighted by atomic mass is 32.2. The van der Waals surface area contributed by atoms with Gasteiger partial charge in [0, 0.05) is 25.8 Å². The lowest BCUT2D eigenvalue weighted by atomic mass is 9.98. The van der Waals surface area contributed by atoms with Crippen LogP contribution in [0.1, 0.15) is 37.8 Å². The molecule has 2 heterocycles. The molecule has 0 amide bonds. The molecule has 0 aromatic heterocycles. The maximum atomic E-state index is 11.5. The Kier molecular flexibility index (Phi) is 4.45. The summed E-state index contributed by atoms with van der Waals surface area (Å²) in [6, 6.07) is 6.47. The molecule has 1 atom stereocenters. The fraction of sp³-hybridized carbons (Fsp3) is 0.667. The van der Waals surface area contributed by atoms with Crippen LogP contribution in [0.3, 0.4) is 0 Å². The SMILES string of the molecule is CC1(C)Cc2cc(CN3CCC[C@H](CS(C)(=O)=O)C3)ccc2O1. The summed E-state index contributed by atoms with van der Waals surface area (Å²) >= 11 is 0. The number of sulfone groups is 1. The predicted octanol–water partition coefficient (Wildman–Crippen LogP) is 2.66. The first kappa shape index (κ1) is 16.8. The summed E-state index contributed by atoms with van der Waals surface area (Å²) in [5, 5.41) is 0. The average molecular weight is 337 g/mol. The summed E-state index contributed by atoms with van der Waals surface area (Å²) in [5.41, 5.74) is 2.48. The molecule has 5 heteroatoms. The Bertz CT molecular complexity index is 682. The second-order valence-electron chi connectivity index (χ2n) is 7.82. The van der Waals surface area contributed by atoms with E-state index in [-0.39, 0.29) is 11.5 Å². The lowest BCUT2D eigenvalue weighted by Gasteiger charge is -2.32. The van der Waals surface area contributed by atoms with Crippen LogP contribution in [-0.2, 0) is 22.8 Å². The molecule has 0 bridgehead atoms. The Morgan fingerprint density at radius 3 is 2.87 bits per heavy atom. The fourth-order valence-electron chi connectivity index (χ4n) is 3.88. The number of hydrogen-bond acceptors (Lipinski definition) is 4. The van der Waals surface area contributed by atoms with Gasteiger partial charge in [-0.1, -0.05) is 12.1 Å². The topological polar surface area (TPSA) is 46.6 Å². The molecule has 0 radical (unpaired) electrons. The molecule has 1 aromatic rings.